The first-order valence-corrected chi connectivity index (χ1v) is 11.7. The third-order valence-corrected chi connectivity index (χ3v) is 5.69. The molecular weight excluding hydrogens is 354 g/mol. The number of hydrogen-bond donors (Lipinski definition) is 0. The predicted octanol–water partition coefficient (Wildman–Crippen LogP) is 7.19. The molecule has 2 aromatic rings. The van der Waals surface area contributed by atoms with Gasteiger partial charge in [-0.05, 0) is 37.1 Å². The van der Waals surface area contributed by atoms with Crippen LogP contribution in [0.2, 0.25) is 0 Å². The number of unbranched alkanes of at least 4 members (excludes halogenated alkanes) is 8. The molecule has 2 rings (SSSR count). The second kappa shape index (κ2) is 16.2. The van der Waals surface area contributed by atoms with Gasteiger partial charge in [0, 0.05) is 0 Å². The molecule has 2 aromatic carbocycles. The Morgan fingerprint density at radius 3 is 1.31 bits per heavy atom. The molecule has 0 amide bonds. The van der Waals surface area contributed by atoms with Gasteiger partial charge in [0.05, 0.1) is 6.04 Å². The first-order chi connectivity index (χ1) is 13.9. The van der Waals surface area contributed by atoms with Crippen molar-refractivity contribution in [2.24, 2.45) is 0 Å². The van der Waals surface area contributed by atoms with E-state index in [2.05, 4.69) is 79.4 Å². The van der Waals surface area contributed by atoms with Crippen LogP contribution in [0.5, 0.6) is 0 Å². The minimum absolute atomic E-state index is 0. The molecule has 2 N–H and O–H groups in total. The Morgan fingerprint density at radius 1 is 0.552 bits per heavy atom. The van der Waals surface area contributed by atoms with Gasteiger partial charge >= 0.3 is 0 Å². The van der Waals surface area contributed by atoms with E-state index in [1.807, 2.05) is 0 Å². The summed E-state index contributed by atoms with van der Waals surface area (Å²) in [6.45, 7) is 6.99. The highest BCUT2D eigenvalue weighted by Crippen LogP contribution is 2.29. The molecule has 0 aliphatic heterocycles. The zero-order valence-electron chi connectivity index (χ0n) is 18.8. The Bertz CT molecular complexity index is 545. The molecule has 0 saturated carbocycles. The smallest absolute Gasteiger partial charge is 0.0601 e. The lowest BCUT2D eigenvalue weighted by atomic mass is 9.96. The van der Waals surface area contributed by atoms with Crippen LogP contribution in [0.15, 0.2) is 60.7 Å². The van der Waals surface area contributed by atoms with Crippen molar-refractivity contribution in [2.45, 2.75) is 84.1 Å². The summed E-state index contributed by atoms with van der Waals surface area (Å²) in [5, 5.41) is 0. The minimum Gasteiger partial charge on any atom is -0.412 e. The summed E-state index contributed by atoms with van der Waals surface area (Å²) in [7, 11) is 0. The molecule has 162 valence electrons. The summed E-state index contributed by atoms with van der Waals surface area (Å²) in [6, 6.07) is 22.6. The maximum atomic E-state index is 2.75. The van der Waals surface area contributed by atoms with Gasteiger partial charge in [0.1, 0.15) is 0 Å². The van der Waals surface area contributed by atoms with Crippen LogP contribution in [0.4, 0.5) is 0 Å². The first-order valence-electron chi connectivity index (χ1n) is 11.7. The lowest BCUT2D eigenvalue weighted by molar-refractivity contribution is 0.215. The third-order valence-electron chi connectivity index (χ3n) is 5.69. The van der Waals surface area contributed by atoms with E-state index in [4.69, 9.17) is 0 Å². The molecule has 0 atom stereocenters. The molecule has 0 radical (unpaired) electrons. The summed E-state index contributed by atoms with van der Waals surface area (Å²) < 4.78 is 0. The molecule has 0 heterocycles. The van der Waals surface area contributed by atoms with Crippen LogP contribution < -0.4 is 0 Å². The first kappa shape index (κ1) is 25.4. The van der Waals surface area contributed by atoms with Crippen LogP contribution in [0.1, 0.15) is 95.2 Å². The normalized spacial score (nSPS) is 11.0. The van der Waals surface area contributed by atoms with Crippen LogP contribution in [0.25, 0.3) is 0 Å². The number of hydrogen-bond acceptors (Lipinski definition) is 1. The maximum Gasteiger partial charge on any atom is 0.0601 e. The lowest BCUT2D eigenvalue weighted by Gasteiger charge is -2.33. The molecule has 0 aromatic heterocycles. The SMILES string of the molecule is CCCCCCCN(CCCCCCC)C(c1ccccc1)c1ccccc1.O. The standard InChI is InChI=1S/C27H41N.H2O/c1-3-5-7-9-17-23-28(24-18-10-8-6-4-2)27(25-19-13-11-14-20-25)26-21-15-12-16-22-26;/h11-16,19-22,27H,3-10,17-18,23-24H2,1-2H3;1H2. The number of benzene rings is 2. The van der Waals surface area contributed by atoms with E-state index in [1.165, 1.54) is 88.4 Å². The molecule has 0 unspecified atom stereocenters. The molecule has 0 aliphatic carbocycles. The quantitative estimate of drug-likeness (QED) is 0.293. The fourth-order valence-electron chi connectivity index (χ4n) is 4.09. The largest absolute Gasteiger partial charge is 0.412 e. The van der Waals surface area contributed by atoms with Crippen molar-refractivity contribution >= 4 is 0 Å². The Balaban J connectivity index is 0.00000420. The van der Waals surface area contributed by atoms with E-state index in [0.717, 1.165) is 0 Å². The second-order valence-corrected chi connectivity index (χ2v) is 8.09. The molecule has 0 aliphatic rings. The Labute approximate surface area is 179 Å². The predicted molar refractivity (Wildman–Crippen MR) is 127 cm³/mol. The van der Waals surface area contributed by atoms with Crippen LogP contribution in [-0.2, 0) is 0 Å². The van der Waals surface area contributed by atoms with Crippen molar-refractivity contribution in [3.63, 3.8) is 0 Å². The Kier molecular flexibility index (Phi) is 14.2. The van der Waals surface area contributed by atoms with Gasteiger partial charge < -0.3 is 5.48 Å². The van der Waals surface area contributed by atoms with Gasteiger partial charge in [0.15, 0.2) is 0 Å². The molecule has 2 heteroatoms. The Hall–Kier alpha value is -1.64. The highest BCUT2D eigenvalue weighted by molar-refractivity contribution is 5.31. The van der Waals surface area contributed by atoms with Gasteiger partial charge in [-0.1, -0.05) is 126 Å². The summed E-state index contributed by atoms with van der Waals surface area (Å²) in [4.78, 5) is 2.75. The van der Waals surface area contributed by atoms with E-state index in [0.29, 0.717) is 6.04 Å². The van der Waals surface area contributed by atoms with Crippen molar-refractivity contribution in [1.29, 1.82) is 0 Å². The molecule has 0 bridgehead atoms. The maximum absolute atomic E-state index is 2.75. The average Bonchev–Trinajstić information content (AvgIpc) is 2.74. The fourth-order valence-corrected chi connectivity index (χ4v) is 4.09. The average molecular weight is 398 g/mol. The summed E-state index contributed by atoms with van der Waals surface area (Å²) in [5.74, 6) is 0. The molecule has 0 spiro atoms. The van der Waals surface area contributed by atoms with Gasteiger partial charge in [-0.3, -0.25) is 4.90 Å². The topological polar surface area (TPSA) is 34.7 Å². The molecule has 2 nitrogen and oxygen atoms in total. The summed E-state index contributed by atoms with van der Waals surface area (Å²) in [5.41, 5.74) is 2.85. The third kappa shape index (κ3) is 9.60. The Morgan fingerprint density at radius 2 is 0.931 bits per heavy atom. The van der Waals surface area contributed by atoms with Crippen LogP contribution in [0, 0.1) is 0 Å². The zero-order chi connectivity index (χ0) is 19.9. The van der Waals surface area contributed by atoms with Crippen LogP contribution in [-0.4, -0.2) is 23.5 Å². The van der Waals surface area contributed by atoms with Crippen LogP contribution in [0.3, 0.4) is 0 Å². The summed E-state index contributed by atoms with van der Waals surface area (Å²) >= 11 is 0. The molecule has 29 heavy (non-hydrogen) atoms. The highest BCUT2D eigenvalue weighted by atomic mass is 16.0. The highest BCUT2D eigenvalue weighted by Gasteiger charge is 2.21. The monoisotopic (exact) mass is 397 g/mol. The minimum atomic E-state index is 0. The van der Waals surface area contributed by atoms with Crippen molar-refractivity contribution in [2.75, 3.05) is 13.1 Å². The van der Waals surface area contributed by atoms with Crippen molar-refractivity contribution in [3.8, 4) is 0 Å². The fraction of sp³-hybridized carbons (Fsp3) is 0.556. The number of nitrogens with zero attached hydrogens (tertiary/aromatic N) is 1. The van der Waals surface area contributed by atoms with E-state index in [-0.39, 0.29) is 5.48 Å². The summed E-state index contributed by atoms with van der Waals surface area (Å²) in [6.07, 6.45) is 13.5. The van der Waals surface area contributed by atoms with Gasteiger partial charge in [-0.2, -0.15) is 0 Å². The number of rotatable bonds is 15. The van der Waals surface area contributed by atoms with E-state index in [1.54, 1.807) is 0 Å². The van der Waals surface area contributed by atoms with Crippen molar-refractivity contribution in [1.82, 2.24) is 4.90 Å². The van der Waals surface area contributed by atoms with E-state index < -0.39 is 0 Å². The second-order valence-electron chi connectivity index (χ2n) is 8.09. The lowest BCUT2D eigenvalue weighted by Crippen LogP contribution is -2.31. The van der Waals surface area contributed by atoms with Gasteiger partial charge in [-0.15, -0.1) is 0 Å². The van der Waals surface area contributed by atoms with Crippen molar-refractivity contribution in [3.05, 3.63) is 71.8 Å². The van der Waals surface area contributed by atoms with Gasteiger partial charge in [-0.25, -0.2) is 0 Å². The van der Waals surface area contributed by atoms with E-state index >= 15 is 0 Å². The molecular formula is C27H43NO. The van der Waals surface area contributed by atoms with Crippen molar-refractivity contribution < 1.29 is 5.48 Å². The molecule has 0 fully saturated rings. The van der Waals surface area contributed by atoms with Gasteiger partial charge in [0.25, 0.3) is 0 Å². The van der Waals surface area contributed by atoms with E-state index in [9.17, 15) is 0 Å². The van der Waals surface area contributed by atoms with Gasteiger partial charge in [0.2, 0.25) is 0 Å². The molecule has 0 saturated heterocycles. The van der Waals surface area contributed by atoms with Crippen LogP contribution >= 0.6 is 0 Å². The zero-order valence-corrected chi connectivity index (χ0v) is 18.8.